The molecule has 1 heterocycles. The van der Waals surface area contributed by atoms with Crippen LogP contribution in [0, 0.1) is 0 Å². The van der Waals surface area contributed by atoms with E-state index in [-0.39, 0.29) is 18.6 Å². The first kappa shape index (κ1) is 14.0. The number of methoxy groups -OCH3 is 1. The molecule has 0 saturated heterocycles. The Balaban J connectivity index is 2.20. The second-order valence-electron chi connectivity index (χ2n) is 3.86. The van der Waals surface area contributed by atoms with Crippen molar-refractivity contribution in [1.29, 1.82) is 0 Å². The molecule has 7 nitrogen and oxygen atoms in total. The number of nitrogens with one attached hydrogen (secondary N) is 1. The Morgan fingerprint density at radius 1 is 1.10 bits per heavy atom. The molecule has 7 heteroatoms. The number of aliphatic hydroxyl groups is 1. The molecule has 1 aromatic carbocycles. The summed E-state index contributed by atoms with van der Waals surface area (Å²) in [5.41, 5.74) is 0.805. The number of rotatable bonds is 6. The van der Waals surface area contributed by atoms with E-state index in [1.165, 1.54) is 7.11 Å². The standard InChI is InChI=1S/C13H16N4O3/c1-3-14-11-15-12(19-2)17-13(16-11)20-10-6-4-9(8-18)5-7-10/h4-7,18H,3,8H2,1-2H3,(H,14,15,16,17). The highest BCUT2D eigenvalue weighted by Gasteiger charge is 2.08. The molecule has 0 atom stereocenters. The predicted octanol–water partition coefficient (Wildman–Crippen LogP) is 1.60. The molecule has 0 unspecified atom stereocenters. The molecule has 0 aliphatic rings. The SMILES string of the molecule is CCNc1nc(OC)nc(Oc2ccc(CO)cc2)n1. The number of aliphatic hydroxyl groups excluding tert-OH is 1. The van der Waals surface area contributed by atoms with E-state index >= 15 is 0 Å². The third-order valence-electron chi connectivity index (χ3n) is 2.43. The van der Waals surface area contributed by atoms with E-state index in [1.54, 1.807) is 24.3 Å². The highest BCUT2D eigenvalue weighted by molar-refractivity contribution is 5.31. The number of ether oxygens (including phenoxy) is 2. The Hall–Kier alpha value is -2.41. The van der Waals surface area contributed by atoms with Gasteiger partial charge in [0.25, 0.3) is 0 Å². The van der Waals surface area contributed by atoms with E-state index < -0.39 is 0 Å². The highest BCUT2D eigenvalue weighted by atomic mass is 16.5. The first-order valence-corrected chi connectivity index (χ1v) is 6.16. The molecule has 20 heavy (non-hydrogen) atoms. The Labute approximate surface area is 116 Å². The van der Waals surface area contributed by atoms with Crippen molar-refractivity contribution in [2.45, 2.75) is 13.5 Å². The van der Waals surface area contributed by atoms with Gasteiger partial charge in [0, 0.05) is 6.54 Å². The molecule has 2 aromatic rings. The van der Waals surface area contributed by atoms with E-state index in [4.69, 9.17) is 14.6 Å². The first-order chi connectivity index (χ1) is 9.75. The van der Waals surface area contributed by atoms with Gasteiger partial charge in [0.1, 0.15) is 5.75 Å². The van der Waals surface area contributed by atoms with Crippen LogP contribution in [0.1, 0.15) is 12.5 Å². The number of benzene rings is 1. The van der Waals surface area contributed by atoms with Crippen LogP contribution in [0.5, 0.6) is 17.8 Å². The van der Waals surface area contributed by atoms with Gasteiger partial charge in [-0.3, -0.25) is 0 Å². The lowest BCUT2D eigenvalue weighted by molar-refractivity contribution is 0.281. The summed E-state index contributed by atoms with van der Waals surface area (Å²) in [6, 6.07) is 7.31. The van der Waals surface area contributed by atoms with Crippen LogP contribution in [0.25, 0.3) is 0 Å². The van der Waals surface area contributed by atoms with Crippen LogP contribution in [0.15, 0.2) is 24.3 Å². The normalized spacial score (nSPS) is 10.2. The van der Waals surface area contributed by atoms with Gasteiger partial charge in [0.2, 0.25) is 5.95 Å². The average molecular weight is 276 g/mol. The van der Waals surface area contributed by atoms with Crippen LogP contribution in [0.2, 0.25) is 0 Å². The topological polar surface area (TPSA) is 89.4 Å². The van der Waals surface area contributed by atoms with Crippen LogP contribution in [-0.2, 0) is 6.61 Å². The summed E-state index contributed by atoms with van der Waals surface area (Å²) in [4.78, 5) is 12.2. The maximum Gasteiger partial charge on any atom is 0.330 e. The minimum atomic E-state index is -0.00950. The average Bonchev–Trinajstić information content (AvgIpc) is 2.48. The lowest BCUT2D eigenvalue weighted by atomic mass is 10.2. The summed E-state index contributed by atoms with van der Waals surface area (Å²) in [5, 5.41) is 12.0. The zero-order valence-corrected chi connectivity index (χ0v) is 11.3. The second kappa shape index (κ2) is 6.67. The van der Waals surface area contributed by atoms with Gasteiger partial charge in [-0.1, -0.05) is 12.1 Å². The molecule has 2 N–H and O–H groups in total. The summed E-state index contributed by atoms with van der Waals surface area (Å²) in [7, 11) is 1.48. The largest absolute Gasteiger partial charge is 0.467 e. The van der Waals surface area contributed by atoms with Crippen molar-refractivity contribution in [3.8, 4) is 17.8 Å². The van der Waals surface area contributed by atoms with Gasteiger partial charge in [-0.15, -0.1) is 4.98 Å². The van der Waals surface area contributed by atoms with Crippen molar-refractivity contribution in [3.05, 3.63) is 29.8 Å². The van der Waals surface area contributed by atoms with Gasteiger partial charge >= 0.3 is 12.0 Å². The lowest BCUT2D eigenvalue weighted by Crippen LogP contribution is -2.06. The molecule has 2 rings (SSSR count). The number of aromatic nitrogens is 3. The van der Waals surface area contributed by atoms with Crippen LogP contribution in [0.4, 0.5) is 5.95 Å². The van der Waals surface area contributed by atoms with Crippen LogP contribution in [0.3, 0.4) is 0 Å². The van der Waals surface area contributed by atoms with Gasteiger partial charge in [-0.2, -0.15) is 9.97 Å². The van der Waals surface area contributed by atoms with Crippen LogP contribution >= 0.6 is 0 Å². The summed E-state index contributed by atoms with van der Waals surface area (Å²) in [5.74, 6) is 0.958. The molecule has 106 valence electrons. The van der Waals surface area contributed by atoms with E-state index in [2.05, 4.69) is 20.3 Å². The van der Waals surface area contributed by atoms with Crippen LogP contribution in [-0.4, -0.2) is 33.7 Å². The fourth-order valence-corrected chi connectivity index (χ4v) is 1.48. The summed E-state index contributed by atoms with van der Waals surface area (Å²) in [6.07, 6.45) is 0. The van der Waals surface area contributed by atoms with Gasteiger partial charge in [-0.05, 0) is 24.6 Å². The summed E-state index contributed by atoms with van der Waals surface area (Å²) >= 11 is 0. The van der Waals surface area contributed by atoms with Gasteiger partial charge in [-0.25, -0.2) is 0 Å². The fraction of sp³-hybridized carbons (Fsp3) is 0.308. The van der Waals surface area contributed by atoms with E-state index in [1.807, 2.05) is 6.92 Å². The smallest absolute Gasteiger partial charge is 0.330 e. The highest BCUT2D eigenvalue weighted by Crippen LogP contribution is 2.20. The first-order valence-electron chi connectivity index (χ1n) is 6.16. The molecular weight excluding hydrogens is 260 g/mol. The minimum Gasteiger partial charge on any atom is -0.467 e. The molecule has 0 aliphatic carbocycles. The lowest BCUT2D eigenvalue weighted by Gasteiger charge is -2.08. The molecule has 0 amide bonds. The number of nitrogens with zero attached hydrogens (tertiary/aromatic N) is 3. The second-order valence-corrected chi connectivity index (χ2v) is 3.86. The predicted molar refractivity (Wildman–Crippen MR) is 73.0 cm³/mol. The molecule has 0 saturated carbocycles. The number of anilines is 1. The van der Waals surface area contributed by atoms with E-state index in [9.17, 15) is 0 Å². The maximum absolute atomic E-state index is 8.98. The van der Waals surface area contributed by atoms with Crippen molar-refractivity contribution in [1.82, 2.24) is 15.0 Å². The molecular formula is C13H16N4O3. The van der Waals surface area contributed by atoms with Crippen LogP contribution < -0.4 is 14.8 Å². The number of hydrogen-bond donors (Lipinski definition) is 2. The fourth-order valence-electron chi connectivity index (χ4n) is 1.48. The summed E-state index contributed by atoms with van der Waals surface area (Å²) in [6.45, 7) is 2.60. The van der Waals surface area contributed by atoms with E-state index in [0.717, 1.165) is 5.56 Å². The van der Waals surface area contributed by atoms with Gasteiger partial charge in [0.15, 0.2) is 0 Å². The quantitative estimate of drug-likeness (QED) is 0.828. The molecule has 0 fully saturated rings. The maximum atomic E-state index is 8.98. The van der Waals surface area contributed by atoms with Crippen molar-refractivity contribution in [2.75, 3.05) is 19.0 Å². The Kier molecular flexibility index (Phi) is 4.67. The third-order valence-corrected chi connectivity index (χ3v) is 2.43. The number of hydrogen-bond acceptors (Lipinski definition) is 7. The Bertz CT molecular complexity index is 560. The van der Waals surface area contributed by atoms with Gasteiger partial charge in [0.05, 0.1) is 13.7 Å². The zero-order valence-electron chi connectivity index (χ0n) is 11.3. The molecule has 1 aromatic heterocycles. The minimum absolute atomic E-state index is 0.00950. The summed E-state index contributed by atoms with van der Waals surface area (Å²) < 4.78 is 10.5. The molecule has 0 bridgehead atoms. The monoisotopic (exact) mass is 276 g/mol. The van der Waals surface area contributed by atoms with Crippen molar-refractivity contribution < 1.29 is 14.6 Å². The Morgan fingerprint density at radius 3 is 2.40 bits per heavy atom. The van der Waals surface area contributed by atoms with Crippen molar-refractivity contribution in [2.24, 2.45) is 0 Å². The van der Waals surface area contributed by atoms with Crippen molar-refractivity contribution >= 4 is 5.95 Å². The van der Waals surface area contributed by atoms with Gasteiger partial charge < -0.3 is 19.9 Å². The third kappa shape index (κ3) is 3.55. The molecule has 0 radical (unpaired) electrons. The molecule has 0 aliphatic heterocycles. The molecule has 0 spiro atoms. The zero-order chi connectivity index (χ0) is 14.4. The Morgan fingerprint density at radius 2 is 1.80 bits per heavy atom. The van der Waals surface area contributed by atoms with Crippen molar-refractivity contribution in [3.63, 3.8) is 0 Å². The van der Waals surface area contributed by atoms with E-state index in [0.29, 0.717) is 18.2 Å².